The average Bonchev–Trinajstić information content (AvgIpc) is 3.07. The third kappa shape index (κ3) is 2.79. The summed E-state index contributed by atoms with van der Waals surface area (Å²) in [4.78, 5) is 15.9. The van der Waals surface area contributed by atoms with E-state index in [9.17, 15) is 4.79 Å². The van der Waals surface area contributed by atoms with E-state index in [1.54, 1.807) is 7.11 Å². The lowest BCUT2D eigenvalue weighted by atomic mass is 9.87. The molecular weight excluding hydrogens is 340 g/mol. The zero-order valence-electron chi connectivity index (χ0n) is 16.1. The number of hydrogen-bond donors (Lipinski definition) is 2. The van der Waals surface area contributed by atoms with Crippen molar-refractivity contribution in [1.82, 2.24) is 10.3 Å². The van der Waals surface area contributed by atoms with Crippen LogP contribution in [0.15, 0.2) is 36.4 Å². The van der Waals surface area contributed by atoms with Crippen molar-refractivity contribution in [1.29, 1.82) is 0 Å². The summed E-state index contributed by atoms with van der Waals surface area (Å²) in [5.41, 5.74) is 6.77. The van der Waals surface area contributed by atoms with E-state index in [-0.39, 0.29) is 18.1 Å². The summed E-state index contributed by atoms with van der Waals surface area (Å²) in [6, 6.07) is 11.8. The number of hydrogen-bond acceptors (Lipinski definition) is 4. The SMILES string of the molecule is COC(=O)C1Cc2c([nH]c3ccccc23)C(c2ccc(OC)c(C)c2C)N1. The van der Waals surface area contributed by atoms with Crippen molar-refractivity contribution in [2.24, 2.45) is 0 Å². The van der Waals surface area contributed by atoms with Gasteiger partial charge in [-0.05, 0) is 48.2 Å². The zero-order chi connectivity index (χ0) is 19.1. The molecule has 3 aromatic rings. The highest BCUT2D eigenvalue weighted by molar-refractivity contribution is 5.87. The van der Waals surface area contributed by atoms with Crippen molar-refractivity contribution < 1.29 is 14.3 Å². The Kier molecular flexibility index (Phi) is 4.40. The van der Waals surface area contributed by atoms with E-state index in [0.717, 1.165) is 39.0 Å². The van der Waals surface area contributed by atoms with Gasteiger partial charge < -0.3 is 14.5 Å². The van der Waals surface area contributed by atoms with Crippen molar-refractivity contribution in [3.8, 4) is 5.75 Å². The Labute approximate surface area is 158 Å². The molecule has 5 heteroatoms. The van der Waals surface area contributed by atoms with E-state index in [2.05, 4.69) is 42.3 Å². The number of aromatic amines is 1. The summed E-state index contributed by atoms with van der Waals surface area (Å²) in [6.45, 7) is 4.16. The molecule has 1 aliphatic heterocycles. The Morgan fingerprint density at radius 2 is 1.85 bits per heavy atom. The predicted molar refractivity (Wildman–Crippen MR) is 105 cm³/mol. The predicted octanol–water partition coefficient (Wildman–Crippen LogP) is 3.57. The topological polar surface area (TPSA) is 63.4 Å². The van der Waals surface area contributed by atoms with E-state index in [0.29, 0.717) is 6.42 Å². The molecular formula is C22H24N2O3. The van der Waals surface area contributed by atoms with Crippen LogP contribution in [0.3, 0.4) is 0 Å². The first-order valence-corrected chi connectivity index (χ1v) is 9.12. The number of carbonyl (C=O) groups is 1. The molecule has 2 N–H and O–H groups in total. The number of esters is 1. The van der Waals surface area contributed by atoms with Crippen molar-refractivity contribution in [3.05, 3.63) is 64.3 Å². The Bertz CT molecular complexity index is 1020. The van der Waals surface area contributed by atoms with E-state index < -0.39 is 0 Å². The molecule has 0 saturated carbocycles. The molecule has 140 valence electrons. The van der Waals surface area contributed by atoms with Crippen LogP contribution in [0.4, 0.5) is 0 Å². The van der Waals surface area contributed by atoms with E-state index in [1.165, 1.54) is 12.7 Å². The van der Waals surface area contributed by atoms with Crippen molar-refractivity contribution in [2.75, 3.05) is 14.2 Å². The monoisotopic (exact) mass is 364 g/mol. The zero-order valence-corrected chi connectivity index (χ0v) is 16.1. The molecule has 2 atom stereocenters. The van der Waals surface area contributed by atoms with Gasteiger partial charge in [-0.1, -0.05) is 24.3 Å². The minimum atomic E-state index is -0.381. The maximum absolute atomic E-state index is 12.3. The fraction of sp³-hybridized carbons (Fsp3) is 0.318. The minimum Gasteiger partial charge on any atom is -0.496 e. The van der Waals surface area contributed by atoms with Crippen LogP contribution in [-0.4, -0.2) is 31.2 Å². The first kappa shape index (κ1) is 17.6. The Hall–Kier alpha value is -2.79. The smallest absolute Gasteiger partial charge is 0.323 e. The molecule has 2 heterocycles. The van der Waals surface area contributed by atoms with Crippen molar-refractivity contribution in [3.63, 3.8) is 0 Å². The number of rotatable bonds is 3. The molecule has 0 bridgehead atoms. The summed E-state index contributed by atoms with van der Waals surface area (Å²) >= 11 is 0. The highest BCUT2D eigenvalue weighted by Gasteiger charge is 2.35. The number of ether oxygens (including phenoxy) is 2. The third-order valence-corrected chi connectivity index (χ3v) is 5.71. The molecule has 2 aromatic carbocycles. The lowest BCUT2D eigenvalue weighted by molar-refractivity contribution is -0.143. The highest BCUT2D eigenvalue weighted by atomic mass is 16.5. The van der Waals surface area contributed by atoms with Crippen LogP contribution in [0, 0.1) is 13.8 Å². The molecule has 0 radical (unpaired) electrons. The summed E-state index contributed by atoms with van der Waals surface area (Å²) in [6.07, 6.45) is 0.608. The van der Waals surface area contributed by atoms with Gasteiger partial charge in [0.25, 0.3) is 0 Å². The molecule has 5 nitrogen and oxygen atoms in total. The number of benzene rings is 2. The second-order valence-corrected chi connectivity index (χ2v) is 7.05. The number of aromatic nitrogens is 1. The molecule has 1 aromatic heterocycles. The van der Waals surface area contributed by atoms with Crippen LogP contribution >= 0.6 is 0 Å². The van der Waals surface area contributed by atoms with Crippen LogP contribution in [-0.2, 0) is 16.0 Å². The Balaban J connectivity index is 1.90. The van der Waals surface area contributed by atoms with Gasteiger partial charge in [0.1, 0.15) is 11.8 Å². The molecule has 1 aliphatic rings. The van der Waals surface area contributed by atoms with Crippen LogP contribution in [0.25, 0.3) is 10.9 Å². The number of fused-ring (bicyclic) bond motifs is 3. The largest absolute Gasteiger partial charge is 0.496 e. The van der Waals surface area contributed by atoms with Gasteiger partial charge in [0, 0.05) is 23.0 Å². The quantitative estimate of drug-likeness (QED) is 0.698. The maximum atomic E-state index is 12.3. The molecule has 0 spiro atoms. The van der Waals surface area contributed by atoms with Crippen LogP contribution in [0.5, 0.6) is 5.75 Å². The fourth-order valence-electron chi connectivity index (χ4n) is 4.12. The van der Waals surface area contributed by atoms with Crippen LogP contribution < -0.4 is 10.1 Å². The molecule has 0 aliphatic carbocycles. The number of methoxy groups -OCH3 is 2. The van der Waals surface area contributed by atoms with E-state index in [1.807, 2.05) is 18.2 Å². The van der Waals surface area contributed by atoms with Crippen molar-refractivity contribution >= 4 is 16.9 Å². The van der Waals surface area contributed by atoms with Gasteiger partial charge in [0.05, 0.1) is 20.3 Å². The van der Waals surface area contributed by atoms with Gasteiger partial charge in [-0.2, -0.15) is 0 Å². The summed E-state index contributed by atoms with van der Waals surface area (Å²) in [5, 5.41) is 4.66. The minimum absolute atomic E-state index is 0.116. The first-order chi connectivity index (χ1) is 13.0. The fourth-order valence-corrected chi connectivity index (χ4v) is 4.12. The summed E-state index contributed by atoms with van der Waals surface area (Å²) in [5.74, 6) is 0.632. The second kappa shape index (κ2) is 6.74. The molecule has 0 fully saturated rings. The number of nitrogens with one attached hydrogen (secondary N) is 2. The molecule has 0 saturated heterocycles. The second-order valence-electron chi connectivity index (χ2n) is 7.05. The average molecular weight is 364 g/mol. The maximum Gasteiger partial charge on any atom is 0.323 e. The van der Waals surface area contributed by atoms with Gasteiger partial charge in [-0.25, -0.2) is 0 Å². The first-order valence-electron chi connectivity index (χ1n) is 9.12. The van der Waals surface area contributed by atoms with Gasteiger partial charge in [0.2, 0.25) is 0 Å². The molecule has 4 rings (SSSR count). The summed E-state index contributed by atoms with van der Waals surface area (Å²) in [7, 11) is 3.12. The molecule has 2 unspecified atom stereocenters. The van der Waals surface area contributed by atoms with Gasteiger partial charge in [-0.15, -0.1) is 0 Å². The third-order valence-electron chi connectivity index (χ3n) is 5.71. The van der Waals surface area contributed by atoms with Crippen LogP contribution in [0.1, 0.15) is 34.0 Å². The summed E-state index contributed by atoms with van der Waals surface area (Å²) < 4.78 is 10.5. The number of H-pyrrole nitrogens is 1. The van der Waals surface area contributed by atoms with E-state index >= 15 is 0 Å². The van der Waals surface area contributed by atoms with Crippen molar-refractivity contribution in [2.45, 2.75) is 32.4 Å². The Morgan fingerprint density at radius 1 is 1.07 bits per heavy atom. The van der Waals surface area contributed by atoms with E-state index in [4.69, 9.17) is 9.47 Å². The molecule has 27 heavy (non-hydrogen) atoms. The molecule has 0 amide bonds. The normalized spacial score (nSPS) is 19.0. The van der Waals surface area contributed by atoms with Gasteiger partial charge in [0.15, 0.2) is 0 Å². The lowest BCUT2D eigenvalue weighted by Crippen LogP contribution is -2.45. The van der Waals surface area contributed by atoms with Crippen LogP contribution in [0.2, 0.25) is 0 Å². The standard InChI is InChI=1S/C22H24N2O3/c1-12-13(2)19(26-3)10-9-14(12)20-21-16(11-18(24-20)22(25)27-4)15-7-5-6-8-17(15)23-21/h5-10,18,20,23-24H,11H2,1-4H3. The number of para-hydroxylation sites is 1. The Morgan fingerprint density at radius 3 is 2.59 bits per heavy atom. The lowest BCUT2D eigenvalue weighted by Gasteiger charge is -2.31. The number of carbonyl (C=O) groups excluding carboxylic acids is 1. The van der Waals surface area contributed by atoms with Gasteiger partial charge in [-0.3, -0.25) is 10.1 Å². The highest BCUT2D eigenvalue weighted by Crippen LogP contribution is 2.38. The van der Waals surface area contributed by atoms with Gasteiger partial charge >= 0.3 is 5.97 Å².